The molecule has 2 aliphatic rings. The van der Waals surface area contributed by atoms with Crippen LogP contribution in [0.15, 0.2) is 4.99 Å². The number of hydrogen-bond acceptors (Lipinski definition) is 3. The minimum absolute atomic E-state index is 0. The number of hydrogen-bond donors (Lipinski definition) is 1. The van der Waals surface area contributed by atoms with Gasteiger partial charge in [-0.25, -0.2) is 4.99 Å². The number of rotatable bonds is 3. The standard InChI is InChI=1S/C17H31N3O2.HI/c1-5-18-16(19-10-15(21)22-17(2,3)4)20-11-13-8-6-7-9-14(13)12-20;/h13-14H,5-12H2,1-4H3,(H,18,19);1H. The molecule has 0 aromatic carbocycles. The van der Waals surface area contributed by atoms with Crippen molar-refractivity contribution in [3.63, 3.8) is 0 Å². The maximum absolute atomic E-state index is 11.9. The van der Waals surface area contributed by atoms with Gasteiger partial charge in [0.15, 0.2) is 5.96 Å². The Hall–Kier alpha value is -0.530. The maximum Gasteiger partial charge on any atom is 0.328 e. The summed E-state index contributed by atoms with van der Waals surface area (Å²) < 4.78 is 5.33. The summed E-state index contributed by atoms with van der Waals surface area (Å²) in [6.07, 6.45) is 5.40. The minimum atomic E-state index is -0.451. The fraction of sp³-hybridized carbons (Fsp3) is 0.882. The summed E-state index contributed by atoms with van der Waals surface area (Å²) in [5, 5.41) is 3.32. The lowest BCUT2D eigenvalue weighted by molar-refractivity contribution is -0.152. The van der Waals surface area contributed by atoms with Gasteiger partial charge in [0.05, 0.1) is 0 Å². The number of guanidine groups is 1. The van der Waals surface area contributed by atoms with Crippen LogP contribution in [0.3, 0.4) is 0 Å². The number of likely N-dealkylation sites (tertiary alicyclic amines) is 1. The number of esters is 1. The maximum atomic E-state index is 11.9. The molecule has 0 spiro atoms. The molecule has 1 heterocycles. The Morgan fingerprint density at radius 3 is 2.26 bits per heavy atom. The zero-order chi connectivity index (χ0) is 16.2. The molecule has 0 bridgehead atoms. The van der Waals surface area contributed by atoms with Crippen molar-refractivity contribution < 1.29 is 9.53 Å². The zero-order valence-corrected chi connectivity index (χ0v) is 17.3. The first kappa shape index (κ1) is 20.5. The van der Waals surface area contributed by atoms with E-state index in [-0.39, 0.29) is 36.5 Å². The Kier molecular flexibility index (Phi) is 8.10. The van der Waals surface area contributed by atoms with Gasteiger partial charge in [0.2, 0.25) is 0 Å². The molecule has 134 valence electrons. The Balaban J connectivity index is 0.00000264. The number of fused-ring (bicyclic) bond motifs is 1. The summed E-state index contributed by atoms with van der Waals surface area (Å²) in [7, 11) is 0. The average molecular weight is 437 g/mol. The van der Waals surface area contributed by atoms with Crippen LogP contribution < -0.4 is 5.32 Å². The molecule has 2 rings (SSSR count). The molecule has 1 N–H and O–H groups in total. The van der Waals surface area contributed by atoms with Crippen molar-refractivity contribution in [2.75, 3.05) is 26.2 Å². The average Bonchev–Trinajstić information content (AvgIpc) is 2.85. The van der Waals surface area contributed by atoms with E-state index in [1.165, 1.54) is 25.7 Å². The van der Waals surface area contributed by atoms with E-state index in [9.17, 15) is 4.79 Å². The second-order valence-corrected chi connectivity index (χ2v) is 7.47. The molecular weight excluding hydrogens is 405 g/mol. The summed E-state index contributed by atoms with van der Waals surface area (Å²) >= 11 is 0. The van der Waals surface area contributed by atoms with Crippen LogP contribution in [0.2, 0.25) is 0 Å². The first-order valence-electron chi connectivity index (χ1n) is 8.64. The lowest BCUT2D eigenvalue weighted by Crippen LogP contribution is -2.41. The second-order valence-electron chi connectivity index (χ2n) is 7.47. The number of ether oxygens (including phenoxy) is 1. The van der Waals surface area contributed by atoms with E-state index >= 15 is 0 Å². The van der Waals surface area contributed by atoms with Crippen LogP contribution in [-0.2, 0) is 9.53 Å². The van der Waals surface area contributed by atoms with Gasteiger partial charge in [-0.15, -0.1) is 24.0 Å². The van der Waals surface area contributed by atoms with Gasteiger partial charge in [-0.3, -0.25) is 4.79 Å². The Morgan fingerprint density at radius 2 is 1.78 bits per heavy atom. The summed E-state index contributed by atoms with van der Waals surface area (Å²) in [5.41, 5.74) is -0.451. The smallest absolute Gasteiger partial charge is 0.328 e. The highest BCUT2D eigenvalue weighted by molar-refractivity contribution is 14.0. The minimum Gasteiger partial charge on any atom is -0.459 e. The fourth-order valence-corrected chi connectivity index (χ4v) is 3.52. The lowest BCUT2D eigenvalue weighted by atomic mass is 9.82. The summed E-state index contributed by atoms with van der Waals surface area (Å²) in [4.78, 5) is 18.7. The third-order valence-electron chi connectivity index (χ3n) is 4.39. The van der Waals surface area contributed by atoms with Crippen molar-refractivity contribution in [1.29, 1.82) is 0 Å². The van der Waals surface area contributed by atoms with Gasteiger partial charge >= 0.3 is 5.97 Å². The molecule has 2 atom stereocenters. The van der Waals surface area contributed by atoms with Crippen LogP contribution in [0.25, 0.3) is 0 Å². The first-order valence-corrected chi connectivity index (χ1v) is 8.64. The molecule has 0 radical (unpaired) electrons. The molecule has 1 aliphatic carbocycles. The van der Waals surface area contributed by atoms with Crippen molar-refractivity contribution >= 4 is 35.9 Å². The monoisotopic (exact) mass is 437 g/mol. The van der Waals surface area contributed by atoms with Gasteiger partial charge in [-0.05, 0) is 52.4 Å². The van der Waals surface area contributed by atoms with Gasteiger partial charge < -0.3 is 15.0 Å². The van der Waals surface area contributed by atoms with Crippen LogP contribution in [0.5, 0.6) is 0 Å². The molecule has 0 aromatic heterocycles. The van der Waals surface area contributed by atoms with Gasteiger partial charge in [0.25, 0.3) is 0 Å². The lowest BCUT2D eigenvalue weighted by Gasteiger charge is -2.22. The highest BCUT2D eigenvalue weighted by atomic mass is 127. The molecule has 1 saturated carbocycles. The third kappa shape index (κ3) is 6.47. The predicted molar refractivity (Wildman–Crippen MR) is 104 cm³/mol. The fourth-order valence-electron chi connectivity index (χ4n) is 3.52. The summed E-state index contributed by atoms with van der Waals surface area (Å²) in [6.45, 7) is 10.8. The molecule has 2 fully saturated rings. The van der Waals surface area contributed by atoms with E-state index in [2.05, 4.69) is 22.1 Å². The quantitative estimate of drug-likeness (QED) is 0.319. The van der Waals surface area contributed by atoms with Crippen LogP contribution in [-0.4, -0.2) is 48.6 Å². The number of nitrogens with one attached hydrogen (secondary N) is 1. The van der Waals surface area contributed by atoms with Crippen molar-refractivity contribution in [1.82, 2.24) is 10.2 Å². The first-order chi connectivity index (χ1) is 10.4. The number of nitrogens with zero attached hydrogens (tertiary/aromatic N) is 2. The van der Waals surface area contributed by atoms with Crippen molar-refractivity contribution in [2.45, 2.75) is 59.0 Å². The van der Waals surface area contributed by atoms with E-state index in [4.69, 9.17) is 4.74 Å². The van der Waals surface area contributed by atoms with Crippen molar-refractivity contribution in [3.8, 4) is 0 Å². The second kappa shape index (κ2) is 9.08. The van der Waals surface area contributed by atoms with Gasteiger partial charge in [0, 0.05) is 19.6 Å². The zero-order valence-electron chi connectivity index (χ0n) is 14.9. The molecule has 0 aromatic rings. The van der Waals surface area contributed by atoms with Crippen molar-refractivity contribution in [3.05, 3.63) is 0 Å². The predicted octanol–water partition coefficient (Wildman–Crippen LogP) is 3.03. The molecule has 6 heteroatoms. The number of aliphatic imine (C=N–C) groups is 1. The Morgan fingerprint density at radius 1 is 1.22 bits per heavy atom. The number of carbonyl (C=O) groups excluding carboxylic acids is 1. The van der Waals surface area contributed by atoms with Gasteiger partial charge in [0.1, 0.15) is 12.1 Å². The molecule has 1 aliphatic heterocycles. The van der Waals surface area contributed by atoms with Crippen molar-refractivity contribution in [2.24, 2.45) is 16.8 Å². The van der Waals surface area contributed by atoms with Crippen LogP contribution >= 0.6 is 24.0 Å². The van der Waals surface area contributed by atoms with E-state index in [1.807, 2.05) is 20.8 Å². The number of halogens is 1. The summed E-state index contributed by atoms with van der Waals surface area (Å²) in [5.74, 6) is 2.21. The molecular formula is C17H32IN3O2. The molecule has 0 amide bonds. The Labute approximate surface area is 157 Å². The molecule has 1 saturated heterocycles. The van der Waals surface area contributed by atoms with Crippen LogP contribution in [0, 0.1) is 11.8 Å². The van der Waals surface area contributed by atoms with Crippen LogP contribution in [0.1, 0.15) is 53.4 Å². The van der Waals surface area contributed by atoms with E-state index < -0.39 is 5.60 Å². The highest BCUT2D eigenvalue weighted by Gasteiger charge is 2.35. The van der Waals surface area contributed by atoms with E-state index in [1.54, 1.807) is 0 Å². The third-order valence-corrected chi connectivity index (χ3v) is 4.39. The SMILES string of the molecule is CCNC(=NCC(=O)OC(C)(C)C)N1CC2CCCCC2C1.I. The largest absolute Gasteiger partial charge is 0.459 e. The van der Waals surface area contributed by atoms with E-state index in [0.29, 0.717) is 0 Å². The summed E-state index contributed by atoms with van der Waals surface area (Å²) in [6, 6.07) is 0. The number of carbonyl (C=O) groups is 1. The normalized spacial score (nSPS) is 24.7. The van der Waals surface area contributed by atoms with Crippen LogP contribution in [0.4, 0.5) is 0 Å². The Bertz CT molecular complexity index is 407. The molecule has 2 unspecified atom stereocenters. The van der Waals surface area contributed by atoms with Gasteiger partial charge in [-0.1, -0.05) is 12.8 Å². The molecule has 23 heavy (non-hydrogen) atoms. The topological polar surface area (TPSA) is 53.9 Å². The molecule has 5 nitrogen and oxygen atoms in total. The van der Waals surface area contributed by atoms with Gasteiger partial charge in [-0.2, -0.15) is 0 Å². The highest BCUT2D eigenvalue weighted by Crippen LogP contribution is 2.35. The van der Waals surface area contributed by atoms with E-state index in [0.717, 1.165) is 37.4 Å².